The molecule has 0 rings (SSSR count). The Hall–Kier alpha value is -0.120. The lowest BCUT2D eigenvalue weighted by Crippen LogP contribution is -2.41. The minimum absolute atomic E-state index is 0.0417. The minimum atomic E-state index is -0.514. The molecule has 0 aromatic heterocycles. The standard InChI is InChI=1S/C5H13NO2/c1-5(2,4-7)6(3)8/h7-8H,4H2,1-3H3. The molecule has 3 heteroatoms. The SMILES string of the molecule is CN(O)C(C)(C)CO. The van der Waals surface area contributed by atoms with Crippen molar-refractivity contribution in [2.45, 2.75) is 19.4 Å². The molecule has 0 atom stereocenters. The third-order valence-corrected chi connectivity index (χ3v) is 1.26. The number of hydrogen-bond donors (Lipinski definition) is 2. The van der Waals surface area contributed by atoms with Gasteiger partial charge in [-0.3, -0.25) is 0 Å². The lowest BCUT2D eigenvalue weighted by atomic mass is 10.1. The Morgan fingerprint density at radius 2 is 1.88 bits per heavy atom. The van der Waals surface area contributed by atoms with E-state index in [9.17, 15) is 0 Å². The first-order valence-corrected chi connectivity index (χ1v) is 2.54. The molecule has 0 aromatic rings. The molecule has 50 valence electrons. The fraction of sp³-hybridized carbons (Fsp3) is 1.00. The number of likely N-dealkylation sites (N-methyl/N-ethyl adjacent to an activating group) is 1. The maximum Gasteiger partial charge on any atom is 0.0632 e. The monoisotopic (exact) mass is 119 g/mol. The molecule has 0 aliphatic carbocycles. The average Bonchev–Trinajstić information content (AvgIpc) is 1.67. The molecular weight excluding hydrogens is 106 g/mol. The van der Waals surface area contributed by atoms with Crippen molar-refractivity contribution in [1.82, 2.24) is 5.06 Å². The first-order valence-electron chi connectivity index (χ1n) is 2.54. The van der Waals surface area contributed by atoms with Crippen molar-refractivity contribution in [3.05, 3.63) is 0 Å². The third kappa shape index (κ3) is 1.78. The molecule has 0 bridgehead atoms. The highest BCUT2D eigenvalue weighted by molar-refractivity contribution is 4.71. The highest BCUT2D eigenvalue weighted by atomic mass is 16.5. The van der Waals surface area contributed by atoms with Crippen molar-refractivity contribution in [2.24, 2.45) is 0 Å². The normalized spacial score (nSPS) is 12.8. The molecule has 0 fully saturated rings. The van der Waals surface area contributed by atoms with Crippen molar-refractivity contribution in [1.29, 1.82) is 0 Å². The number of rotatable bonds is 2. The van der Waals surface area contributed by atoms with E-state index in [1.807, 2.05) is 0 Å². The molecule has 0 amide bonds. The van der Waals surface area contributed by atoms with Crippen LogP contribution in [0.1, 0.15) is 13.8 Å². The van der Waals surface area contributed by atoms with Gasteiger partial charge in [-0.05, 0) is 13.8 Å². The fourth-order valence-corrected chi connectivity index (χ4v) is 0.102. The summed E-state index contributed by atoms with van der Waals surface area (Å²) >= 11 is 0. The predicted molar refractivity (Wildman–Crippen MR) is 30.7 cm³/mol. The van der Waals surface area contributed by atoms with Gasteiger partial charge >= 0.3 is 0 Å². The van der Waals surface area contributed by atoms with Gasteiger partial charge in [0.05, 0.1) is 12.1 Å². The molecule has 0 aromatic carbocycles. The molecule has 2 N–H and O–H groups in total. The summed E-state index contributed by atoms with van der Waals surface area (Å²) in [5.41, 5.74) is -0.514. The van der Waals surface area contributed by atoms with Crippen LogP contribution in [-0.4, -0.2) is 34.6 Å². The predicted octanol–water partition coefficient (Wildman–Crippen LogP) is 0.0783. The van der Waals surface area contributed by atoms with Crippen molar-refractivity contribution < 1.29 is 10.3 Å². The zero-order valence-electron chi connectivity index (χ0n) is 5.55. The Balaban J connectivity index is 3.71. The summed E-state index contributed by atoms with van der Waals surface area (Å²) in [7, 11) is 1.51. The molecule has 0 unspecified atom stereocenters. The fourth-order valence-electron chi connectivity index (χ4n) is 0.102. The van der Waals surface area contributed by atoms with E-state index in [-0.39, 0.29) is 6.61 Å². The third-order valence-electron chi connectivity index (χ3n) is 1.26. The van der Waals surface area contributed by atoms with Gasteiger partial charge in [-0.25, -0.2) is 0 Å². The number of hydrogen-bond acceptors (Lipinski definition) is 3. The van der Waals surface area contributed by atoms with Gasteiger partial charge in [-0.1, -0.05) is 0 Å². The van der Waals surface area contributed by atoms with E-state index in [1.165, 1.54) is 7.05 Å². The van der Waals surface area contributed by atoms with E-state index < -0.39 is 5.54 Å². The first-order chi connectivity index (χ1) is 3.50. The largest absolute Gasteiger partial charge is 0.394 e. The van der Waals surface area contributed by atoms with Gasteiger partial charge in [0.25, 0.3) is 0 Å². The van der Waals surface area contributed by atoms with Crippen LogP contribution in [0.4, 0.5) is 0 Å². The average molecular weight is 119 g/mol. The van der Waals surface area contributed by atoms with Crippen molar-refractivity contribution in [3.8, 4) is 0 Å². The Labute approximate surface area is 49.5 Å². The molecule has 8 heavy (non-hydrogen) atoms. The zero-order chi connectivity index (χ0) is 6.78. The van der Waals surface area contributed by atoms with E-state index in [0.29, 0.717) is 0 Å². The second kappa shape index (κ2) is 2.44. The molecule has 0 radical (unpaired) electrons. The molecule has 0 saturated carbocycles. The summed E-state index contributed by atoms with van der Waals surface area (Å²) in [4.78, 5) is 0. The van der Waals surface area contributed by atoms with Crippen molar-refractivity contribution in [3.63, 3.8) is 0 Å². The van der Waals surface area contributed by atoms with Gasteiger partial charge in [0, 0.05) is 7.05 Å². The van der Waals surface area contributed by atoms with Crippen LogP contribution < -0.4 is 0 Å². The topological polar surface area (TPSA) is 43.7 Å². The van der Waals surface area contributed by atoms with Crippen LogP contribution in [0.2, 0.25) is 0 Å². The van der Waals surface area contributed by atoms with Gasteiger partial charge in [0.15, 0.2) is 0 Å². The number of aliphatic hydroxyl groups is 1. The van der Waals surface area contributed by atoms with E-state index in [0.717, 1.165) is 5.06 Å². The second-order valence-corrected chi connectivity index (χ2v) is 2.49. The molecule has 0 spiro atoms. The summed E-state index contributed by atoms with van der Waals surface area (Å²) in [6.45, 7) is 3.44. The summed E-state index contributed by atoms with van der Waals surface area (Å²) in [5, 5.41) is 18.3. The molecule has 0 aliphatic heterocycles. The van der Waals surface area contributed by atoms with Crippen molar-refractivity contribution in [2.75, 3.05) is 13.7 Å². The van der Waals surface area contributed by atoms with Crippen LogP contribution in [0, 0.1) is 0 Å². The van der Waals surface area contributed by atoms with Crippen LogP contribution in [0.3, 0.4) is 0 Å². The van der Waals surface area contributed by atoms with Crippen LogP contribution in [-0.2, 0) is 0 Å². The van der Waals surface area contributed by atoms with Gasteiger partial charge in [0.2, 0.25) is 0 Å². The van der Waals surface area contributed by atoms with Gasteiger partial charge in [-0.2, -0.15) is 5.06 Å². The summed E-state index contributed by atoms with van der Waals surface area (Å²) in [6, 6.07) is 0. The maximum atomic E-state index is 8.75. The highest BCUT2D eigenvalue weighted by Gasteiger charge is 2.19. The van der Waals surface area contributed by atoms with Gasteiger partial charge in [-0.15, -0.1) is 0 Å². The molecule has 0 heterocycles. The van der Waals surface area contributed by atoms with Gasteiger partial charge in [0.1, 0.15) is 0 Å². The maximum absolute atomic E-state index is 8.75. The first kappa shape index (κ1) is 7.88. The summed E-state index contributed by atoms with van der Waals surface area (Å²) in [6.07, 6.45) is 0. The number of aliphatic hydroxyl groups excluding tert-OH is 1. The quantitative estimate of drug-likeness (QED) is 0.506. The molecular formula is C5H13NO2. The van der Waals surface area contributed by atoms with E-state index in [2.05, 4.69) is 0 Å². The number of nitrogens with zero attached hydrogens (tertiary/aromatic N) is 1. The van der Waals surface area contributed by atoms with Crippen LogP contribution in [0.15, 0.2) is 0 Å². The minimum Gasteiger partial charge on any atom is -0.394 e. The number of hydroxylamine groups is 2. The lowest BCUT2D eigenvalue weighted by molar-refractivity contribution is -0.152. The van der Waals surface area contributed by atoms with E-state index in [1.54, 1.807) is 13.8 Å². The Kier molecular flexibility index (Phi) is 2.40. The van der Waals surface area contributed by atoms with Crippen molar-refractivity contribution >= 4 is 0 Å². The lowest BCUT2D eigenvalue weighted by Gasteiger charge is -2.27. The Morgan fingerprint density at radius 3 is 1.88 bits per heavy atom. The highest BCUT2D eigenvalue weighted by Crippen LogP contribution is 2.06. The van der Waals surface area contributed by atoms with E-state index >= 15 is 0 Å². The molecule has 3 nitrogen and oxygen atoms in total. The zero-order valence-corrected chi connectivity index (χ0v) is 5.55. The van der Waals surface area contributed by atoms with Gasteiger partial charge < -0.3 is 10.3 Å². The van der Waals surface area contributed by atoms with E-state index in [4.69, 9.17) is 10.3 Å². The van der Waals surface area contributed by atoms with Crippen LogP contribution in [0.25, 0.3) is 0 Å². The van der Waals surface area contributed by atoms with Crippen LogP contribution in [0.5, 0.6) is 0 Å². The van der Waals surface area contributed by atoms with Crippen LogP contribution >= 0.6 is 0 Å². The Morgan fingerprint density at radius 1 is 1.50 bits per heavy atom. The second-order valence-electron chi connectivity index (χ2n) is 2.49. The Bertz CT molecular complexity index is 70.8. The summed E-state index contributed by atoms with van der Waals surface area (Å²) in [5.74, 6) is 0. The summed E-state index contributed by atoms with van der Waals surface area (Å²) < 4.78 is 0. The molecule has 0 saturated heterocycles. The smallest absolute Gasteiger partial charge is 0.0632 e. The molecule has 0 aliphatic rings.